The van der Waals surface area contributed by atoms with Crippen LogP contribution in [0.15, 0.2) is 352 Å². The number of hydrogen-bond donors (Lipinski definition) is 0. The maximum atomic E-state index is 2.50. The van der Waals surface area contributed by atoms with Crippen molar-refractivity contribution < 1.29 is 0 Å². The van der Waals surface area contributed by atoms with Gasteiger partial charge in [-0.05, 0) is 166 Å². The third kappa shape index (κ3) is 10.2. The van der Waals surface area contributed by atoms with E-state index in [1.165, 1.54) is 98.5 Å². The summed E-state index contributed by atoms with van der Waals surface area (Å²) in [6.45, 7) is 4.99. The molecule has 0 saturated heterocycles. The smallest absolute Gasteiger partial charge is 0.112 e. The van der Waals surface area contributed by atoms with Gasteiger partial charge in [0.15, 0.2) is 0 Å². The van der Waals surface area contributed by atoms with Gasteiger partial charge < -0.3 is 18.9 Å². The first-order valence-corrected chi connectivity index (χ1v) is 34.4. The molecule has 0 atom stereocenters. The molecule has 16 aromatic rings. The molecule has 0 aliphatic carbocycles. The first-order chi connectivity index (χ1) is 44.9. The summed E-state index contributed by atoms with van der Waals surface area (Å²) in [5, 5.41) is 7.61. The molecule has 432 valence electrons. The van der Waals surface area contributed by atoms with Gasteiger partial charge in [0, 0.05) is 67.0 Å². The van der Waals surface area contributed by atoms with Crippen molar-refractivity contribution in [1.29, 1.82) is 0 Å². The molecular weight excluding hydrogens is 1120 g/mol. The van der Waals surface area contributed by atoms with Crippen LogP contribution in [-0.2, 0) is 0 Å². The molecule has 0 bridgehead atoms. The Morgan fingerprint density at radius 2 is 0.484 bits per heavy atom. The SMILES string of the molecule is C[Si](C)(c1cccc(-c2cccc(N(c3cccc(-c4ccccc4)c3)c3ccc4c(c3)c3ccccc3n4-c3ccccc3)c2)c1)c1cccc(-c2cccc(N(c3cccc(-c4ccccc4)c3)c3ccc4c(c3)c3ccccc3n4-c3ccccc3)c2)c1. The molecule has 4 nitrogen and oxygen atoms in total. The van der Waals surface area contributed by atoms with Crippen molar-refractivity contribution in [2.75, 3.05) is 9.80 Å². The number of aromatic nitrogens is 2. The number of rotatable bonds is 14. The lowest BCUT2D eigenvalue weighted by Crippen LogP contribution is -2.52. The molecule has 0 N–H and O–H groups in total. The van der Waals surface area contributed by atoms with Crippen molar-refractivity contribution in [2.45, 2.75) is 13.1 Å². The van der Waals surface area contributed by atoms with Crippen LogP contribution in [0, 0.1) is 0 Å². The quantitative estimate of drug-likeness (QED) is 0.101. The highest BCUT2D eigenvalue weighted by molar-refractivity contribution is 7.00. The standard InChI is InChI=1S/C86H64N4Si/c1-91(2,77-43-23-33-67(57-77)65-31-21-41-73(55-65)87(71-39-19-29-63(53-71)61-25-7-3-8-26-61)75-49-51-85-81(59-75)79-45-15-17-47-83(79)89(85)69-35-11-5-12-36-69)78-44-24-34-68(58-78)66-32-22-42-74(56-66)88(72-40-20-30-64(54-72)62-27-9-4-10-28-62)76-50-52-86-82(60-76)80-46-16-18-48-84(80)90(86)70-37-13-6-14-38-70/h3-60H,1-2H3. The van der Waals surface area contributed by atoms with Gasteiger partial charge in [-0.1, -0.05) is 254 Å². The molecule has 0 amide bonds. The topological polar surface area (TPSA) is 16.3 Å². The van der Waals surface area contributed by atoms with Crippen LogP contribution in [0.5, 0.6) is 0 Å². The minimum absolute atomic E-state index is 1.09. The van der Waals surface area contributed by atoms with E-state index < -0.39 is 8.07 Å². The van der Waals surface area contributed by atoms with E-state index in [2.05, 4.69) is 384 Å². The summed E-state index contributed by atoms with van der Waals surface area (Å²) in [7, 11) is -2.31. The van der Waals surface area contributed by atoms with Gasteiger partial charge in [-0.25, -0.2) is 0 Å². The highest BCUT2D eigenvalue weighted by atomic mass is 28.3. The molecule has 0 spiro atoms. The summed E-state index contributed by atoms with van der Waals surface area (Å²) in [6.07, 6.45) is 0. The summed E-state index contributed by atoms with van der Waals surface area (Å²) in [4.78, 5) is 4.86. The van der Waals surface area contributed by atoms with E-state index in [0.717, 1.165) is 45.5 Å². The Balaban J connectivity index is 0.758. The van der Waals surface area contributed by atoms with Crippen LogP contribution in [0.1, 0.15) is 0 Å². The lowest BCUT2D eigenvalue weighted by Gasteiger charge is -2.27. The molecule has 14 aromatic carbocycles. The fraction of sp³-hybridized carbons (Fsp3) is 0.0233. The van der Waals surface area contributed by atoms with Crippen molar-refractivity contribution in [1.82, 2.24) is 9.13 Å². The van der Waals surface area contributed by atoms with Crippen LogP contribution in [0.3, 0.4) is 0 Å². The molecule has 0 fully saturated rings. The number of hydrogen-bond acceptors (Lipinski definition) is 2. The molecule has 0 unspecified atom stereocenters. The molecule has 5 heteroatoms. The van der Waals surface area contributed by atoms with Crippen molar-refractivity contribution in [2.24, 2.45) is 0 Å². The number of fused-ring (bicyclic) bond motifs is 6. The highest BCUT2D eigenvalue weighted by Crippen LogP contribution is 2.44. The third-order valence-corrected chi connectivity index (χ3v) is 21.8. The van der Waals surface area contributed by atoms with Crippen LogP contribution in [-0.4, -0.2) is 17.2 Å². The largest absolute Gasteiger partial charge is 0.310 e. The molecule has 0 radical (unpaired) electrons. The van der Waals surface area contributed by atoms with Crippen molar-refractivity contribution in [3.05, 3.63) is 352 Å². The van der Waals surface area contributed by atoms with Crippen LogP contribution < -0.4 is 20.2 Å². The Morgan fingerprint density at radius 3 is 0.857 bits per heavy atom. The average Bonchev–Trinajstić information content (AvgIpc) is 1.65. The second kappa shape index (κ2) is 23.2. The zero-order valence-electron chi connectivity index (χ0n) is 50.8. The minimum Gasteiger partial charge on any atom is -0.310 e. The minimum atomic E-state index is -2.31. The lowest BCUT2D eigenvalue weighted by atomic mass is 10.0. The Kier molecular flexibility index (Phi) is 14.0. The Morgan fingerprint density at radius 1 is 0.209 bits per heavy atom. The van der Waals surface area contributed by atoms with Gasteiger partial charge in [-0.2, -0.15) is 0 Å². The van der Waals surface area contributed by atoms with E-state index in [1.54, 1.807) is 0 Å². The summed E-state index contributed by atoms with van der Waals surface area (Å²) in [5.41, 5.74) is 23.0. The van der Waals surface area contributed by atoms with E-state index in [0.29, 0.717) is 0 Å². The van der Waals surface area contributed by atoms with Crippen LogP contribution in [0.25, 0.3) is 99.5 Å². The molecule has 91 heavy (non-hydrogen) atoms. The van der Waals surface area contributed by atoms with E-state index in [9.17, 15) is 0 Å². The summed E-state index contributed by atoms with van der Waals surface area (Å²) in [5.74, 6) is 0. The fourth-order valence-corrected chi connectivity index (χ4v) is 16.1. The van der Waals surface area contributed by atoms with Gasteiger partial charge in [0.2, 0.25) is 0 Å². The van der Waals surface area contributed by atoms with Gasteiger partial charge >= 0.3 is 0 Å². The number of anilines is 6. The summed E-state index contributed by atoms with van der Waals surface area (Å²) in [6, 6.07) is 129. The van der Waals surface area contributed by atoms with Gasteiger partial charge in [-0.15, -0.1) is 0 Å². The summed E-state index contributed by atoms with van der Waals surface area (Å²) >= 11 is 0. The van der Waals surface area contributed by atoms with Gasteiger partial charge in [0.25, 0.3) is 0 Å². The molecule has 0 aliphatic heterocycles. The van der Waals surface area contributed by atoms with Gasteiger partial charge in [-0.3, -0.25) is 0 Å². The molecule has 0 aliphatic rings. The van der Waals surface area contributed by atoms with E-state index >= 15 is 0 Å². The Bertz CT molecular complexity index is 5010. The van der Waals surface area contributed by atoms with Crippen LogP contribution >= 0.6 is 0 Å². The molecule has 2 heterocycles. The van der Waals surface area contributed by atoms with Crippen molar-refractivity contribution in [3.8, 4) is 55.9 Å². The second-order valence-electron chi connectivity index (χ2n) is 24.2. The van der Waals surface area contributed by atoms with Crippen LogP contribution in [0.2, 0.25) is 13.1 Å². The van der Waals surface area contributed by atoms with Gasteiger partial charge in [0.05, 0.1) is 22.1 Å². The highest BCUT2D eigenvalue weighted by Gasteiger charge is 2.28. The lowest BCUT2D eigenvalue weighted by molar-refractivity contribution is 1.18. The third-order valence-electron chi connectivity index (χ3n) is 18.3. The zero-order chi connectivity index (χ0) is 60.8. The molecule has 0 saturated carbocycles. The Labute approximate surface area is 532 Å². The van der Waals surface area contributed by atoms with E-state index in [-0.39, 0.29) is 0 Å². The first-order valence-electron chi connectivity index (χ1n) is 31.4. The molecular formula is C86H64N4Si. The number of benzene rings is 14. The van der Waals surface area contributed by atoms with Gasteiger partial charge in [0.1, 0.15) is 8.07 Å². The van der Waals surface area contributed by atoms with Crippen molar-refractivity contribution in [3.63, 3.8) is 0 Å². The normalized spacial score (nSPS) is 11.6. The second-order valence-corrected chi connectivity index (χ2v) is 28.6. The average molecular weight is 1180 g/mol. The van der Waals surface area contributed by atoms with E-state index in [1.807, 2.05) is 0 Å². The zero-order valence-corrected chi connectivity index (χ0v) is 51.8. The van der Waals surface area contributed by atoms with Crippen molar-refractivity contribution >= 4 is 96.2 Å². The molecule has 16 rings (SSSR count). The Hall–Kier alpha value is -11.5. The number of nitrogens with zero attached hydrogens (tertiary/aromatic N) is 4. The summed E-state index contributed by atoms with van der Waals surface area (Å²) < 4.78 is 4.77. The molecule has 2 aromatic heterocycles. The maximum absolute atomic E-state index is 2.50. The maximum Gasteiger partial charge on any atom is 0.112 e. The predicted molar refractivity (Wildman–Crippen MR) is 389 cm³/mol. The predicted octanol–water partition coefficient (Wildman–Crippen LogP) is 22.3. The first kappa shape index (κ1) is 54.9. The van der Waals surface area contributed by atoms with E-state index in [4.69, 9.17) is 0 Å². The fourth-order valence-electron chi connectivity index (χ4n) is 13.7. The van der Waals surface area contributed by atoms with Crippen LogP contribution in [0.4, 0.5) is 34.1 Å². The monoisotopic (exact) mass is 1180 g/mol. The number of para-hydroxylation sites is 4.